The zero-order chi connectivity index (χ0) is 20.5. The Kier molecular flexibility index (Phi) is 7.28. The molecule has 0 heterocycles. The average Bonchev–Trinajstić information content (AvgIpc) is 2.67. The van der Waals surface area contributed by atoms with Gasteiger partial charge in [-0.2, -0.15) is 5.26 Å². The van der Waals surface area contributed by atoms with Gasteiger partial charge in [-0.25, -0.2) is 0 Å². The number of nitriles is 1. The van der Waals surface area contributed by atoms with E-state index < -0.39 is 23.9 Å². The van der Waals surface area contributed by atoms with Crippen LogP contribution in [0, 0.1) is 11.3 Å². The van der Waals surface area contributed by atoms with Gasteiger partial charge in [-0.05, 0) is 23.3 Å². The summed E-state index contributed by atoms with van der Waals surface area (Å²) >= 11 is 0. The van der Waals surface area contributed by atoms with Crippen molar-refractivity contribution in [3.63, 3.8) is 0 Å². The fourth-order valence-electron chi connectivity index (χ4n) is 2.75. The lowest BCUT2D eigenvalue weighted by atomic mass is 10.0. The Hall–Kier alpha value is -3.66. The summed E-state index contributed by atoms with van der Waals surface area (Å²) in [6.45, 7) is 1.33. The van der Waals surface area contributed by atoms with Crippen LogP contribution in [-0.2, 0) is 27.2 Å². The molecular weight excluding hydrogens is 356 g/mol. The molecule has 0 saturated heterocycles. The Morgan fingerprint density at radius 2 is 1.50 bits per heavy atom. The number of nitrogens with two attached hydrogens (primary N) is 1. The third kappa shape index (κ3) is 6.25. The van der Waals surface area contributed by atoms with Crippen LogP contribution in [0.5, 0.6) is 0 Å². The van der Waals surface area contributed by atoms with E-state index in [-0.39, 0.29) is 18.7 Å². The molecular formula is C21H22N4O3. The SMILES string of the molecule is CC(=O)N[C@@H](Cc1ccccc1)C(=O)N[C@@H](Cc1ccc(C#N)cc1)C(N)=O. The molecule has 0 spiro atoms. The lowest BCUT2D eigenvalue weighted by molar-refractivity contribution is -0.130. The van der Waals surface area contributed by atoms with E-state index in [4.69, 9.17) is 11.0 Å². The fourth-order valence-corrected chi connectivity index (χ4v) is 2.75. The smallest absolute Gasteiger partial charge is 0.243 e. The second kappa shape index (κ2) is 9.88. The number of hydrogen-bond donors (Lipinski definition) is 3. The maximum atomic E-state index is 12.7. The van der Waals surface area contributed by atoms with Crippen molar-refractivity contribution in [3.05, 3.63) is 71.3 Å². The van der Waals surface area contributed by atoms with Gasteiger partial charge in [-0.3, -0.25) is 14.4 Å². The minimum Gasteiger partial charge on any atom is -0.368 e. The summed E-state index contributed by atoms with van der Waals surface area (Å²) in [6.07, 6.45) is 0.472. The quantitative estimate of drug-likeness (QED) is 0.629. The maximum Gasteiger partial charge on any atom is 0.243 e. The molecule has 2 atom stereocenters. The predicted octanol–water partition coefficient (Wildman–Crippen LogP) is 0.818. The van der Waals surface area contributed by atoms with Gasteiger partial charge >= 0.3 is 0 Å². The first-order valence-electron chi connectivity index (χ1n) is 8.79. The van der Waals surface area contributed by atoms with Crippen LogP contribution in [-0.4, -0.2) is 29.8 Å². The summed E-state index contributed by atoms with van der Waals surface area (Å²) in [5.41, 5.74) is 7.57. The van der Waals surface area contributed by atoms with Gasteiger partial charge in [0.2, 0.25) is 17.7 Å². The molecule has 0 radical (unpaired) electrons. The lowest BCUT2D eigenvalue weighted by Crippen LogP contribution is -2.54. The Balaban J connectivity index is 2.11. The number of hydrogen-bond acceptors (Lipinski definition) is 4. The highest BCUT2D eigenvalue weighted by molar-refractivity contribution is 5.91. The molecule has 0 aliphatic carbocycles. The molecule has 7 nitrogen and oxygen atoms in total. The molecule has 0 aliphatic heterocycles. The molecule has 0 aliphatic rings. The van der Waals surface area contributed by atoms with Gasteiger partial charge in [0.1, 0.15) is 12.1 Å². The summed E-state index contributed by atoms with van der Waals surface area (Å²) in [5, 5.41) is 14.1. The van der Waals surface area contributed by atoms with Gasteiger partial charge in [0, 0.05) is 19.8 Å². The molecule has 144 valence electrons. The number of nitrogens with zero attached hydrogens (tertiary/aromatic N) is 1. The monoisotopic (exact) mass is 378 g/mol. The molecule has 28 heavy (non-hydrogen) atoms. The van der Waals surface area contributed by atoms with Crippen molar-refractivity contribution < 1.29 is 14.4 Å². The highest BCUT2D eigenvalue weighted by atomic mass is 16.2. The second-order valence-corrected chi connectivity index (χ2v) is 6.42. The summed E-state index contributed by atoms with van der Waals surface area (Å²) in [4.78, 5) is 36.1. The van der Waals surface area contributed by atoms with Crippen molar-refractivity contribution >= 4 is 17.7 Å². The Morgan fingerprint density at radius 3 is 2.04 bits per heavy atom. The van der Waals surface area contributed by atoms with Gasteiger partial charge in [-0.1, -0.05) is 42.5 Å². The molecule has 7 heteroatoms. The van der Waals surface area contributed by atoms with Crippen molar-refractivity contribution in [2.45, 2.75) is 31.8 Å². The fraction of sp³-hybridized carbons (Fsp3) is 0.238. The number of carbonyl (C=O) groups is 3. The van der Waals surface area contributed by atoms with E-state index in [2.05, 4.69) is 10.6 Å². The molecule has 0 fully saturated rings. The van der Waals surface area contributed by atoms with Gasteiger partial charge in [0.25, 0.3) is 0 Å². The molecule has 2 aromatic carbocycles. The first-order chi connectivity index (χ1) is 13.4. The minimum atomic E-state index is -0.938. The van der Waals surface area contributed by atoms with E-state index in [0.29, 0.717) is 5.56 Å². The topological polar surface area (TPSA) is 125 Å². The van der Waals surface area contributed by atoms with E-state index in [0.717, 1.165) is 11.1 Å². The molecule has 0 unspecified atom stereocenters. The number of primary amides is 1. The molecule has 2 aromatic rings. The molecule has 0 bridgehead atoms. The number of nitrogens with one attached hydrogen (secondary N) is 2. The summed E-state index contributed by atoms with van der Waals surface area (Å²) in [5.74, 6) is -1.52. The van der Waals surface area contributed by atoms with Crippen LogP contribution in [0.4, 0.5) is 0 Å². The summed E-state index contributed by atoms with van der Waals surface area (Å²) < 4.78 is 0. The number of carbonyl (C=O) groups excluding carboxylic acids is 3. The second-order valence-electron chi connectivity index (χ2n) is 6.42. The van der Waals surface area contributed by atoms with Crippen molar-refractivity contribution in [1.29, 1.82) is 5.26 Å². The van der Waals surface area contributed by atoms with Crippen molar-refractivity contribution in [2.75, 3.05) is 0 Å². The van der Waals surface area contributed by atoms with E-state index in [1.54, 1.807) is 24.3 Å². The van der Waals surface area contributed by atoms with E-state index in [1.807, 2.05) is 36.4 Å². The molecule has 0 saturated carbocycles. The largest absolute Gasteiger partial charge is 0.368 e. The minimum absolute atomic E-state index is 0.185. The third-order valence-corrected chi connectivity index (χ3v) is 4.16. The Labute approximate surface area is 163 Å². The first kappa shape index (κ1) is 20.6. The van der Waals surface area contributed by atoms with Crippen LogP contribution in [0.3, 0.4) is 0 Å². The van der Waals surface area contributed by atoms with Crippen molar-refractivity contribution in [2.24, 2.45) is 5.73 Å². The molecule has 2 rings (SSSR count). The zero-order valence-electron chi connectivity index (χ0n) is 15.5. The van der Waals surface area contributed by atoms with Crippen LogP contribution in [0.15, 0.2) is 54.6 Å². The average molecular weight is 378 g/mol. The van der Waals surface area contributed by atoms with Crippen LogP contribution in [0.1, 0.15) is 23.6 Å². The molecule has 4 N–H and O–H groups in total. The zero-order valence-corrected chi connectivity index (χ0v) is 15.5. The van der Waals surface area contributed by atoms with E-state index >= 15 is 0 Å². The summed E-state index contributed by atoms with van der Waals surface area (Å²) in [7, 11) is 0. The van der Waals surface area contributed by atoms with Crippen LogP contribution in [0.2, 0.25) is 0 Å². The van der Waals surface area contributed by atoms with Crippen LogP contribution >= 0.6 is 0 Å². The van der Waals surface area contributed by atoms with Crippen molar-refractivity contribution in [3.8, 4) is 6.07 Å². The number of amides is 3. The van der Waals surface area contributed by atoms with Gasteiger partial charge in [-0.15, -0.1) is 0 Å². The lowest BCUT2D eigenvalue weighted by Gasteiger charge is -2.22. The van der Waals surface area contributed by atoms with E-state index in [1.165, 1.54) is 6.92 Å². The van der Waals surface area contributed by atoms with E-state index in [9.17, 15) is 14.4 Å². The normalized spacial score (nSPS) is 12.3. The number of benzene rings is 2. The van der Waals surface area contributed by atoms with Crippen molar-refractivity contribution in [1.82, 2.24) is 10.6 Å². The first-order valence-corrected chi connectivity index (χ1v) is 8.79. The van der Waals surface area contributed by atoms with Crippen LogP contribution in [0.25, 0.3) is 0 Å². The van der Waals surface area contributed by atoms with Gasteiger partial charge in [0.05, 0.1) is 11.6 Å². The highest BCUT2D eigenvalue weighted by Gasteiger charge is 2.25. The van der Waals surface area contributed by atoms with Gasteiger partial charge in [0.15, 0.2) is 0 Å². The standard InChI is InChI=1S/C21H22N4O3/c1-14(26)24-19(12-15-5-3-2-4-6-15)21(28)25-18(20(23)27)11-16-7-9-17(13-22)10-8-16/h2-10,18-19H,11-12H2,1H3,(H2,23,27)(H,24,26)(H,25,28)/t18-,19-/m0/s1. The maximum absolute atomic E-state index is 12.7. The Bertz CT molecular complexity index is 873. The number of rotatable bonds is 8. The summed E-state index contributed by atoms with van der Waals surface area (Å²) in [6, 6.07) is 16.2. The molecule has 3 amide bonds. The molecule has 0 aromatic heterocycles. The Morgan fingerprint density at radius 1 is 0.929 bits per heavy atom. The predicted molar refractivity (Wildman–Crippen MR) is 104 cm³/mol. The van der Waals surface area contributed by atoms with Crippen LogP contribution < -0.4 is 16.4 Å². The third-order valence-electron chi connectivity index (χ3n) is 4.16. The highest BCUT2D eigenvalue weighted by Crippen LogP contribution is 2.08. The van der Waals surface area contributed by atoms with Gasteiger partial charge < -0.3 is 16.4 Å².